The first-order valence-electron chi connectivity index (χ1n) is 11.1. The van der Waals surface area contributed by atoms with Gasteiger partial charge in [0.2, 0.25) is 0 Å². The maximum absolute atomic E-state index is 12.7. The number of halogens is 1. The van der Waals surface area contributed by atoms with Crippen molar-refractivity contribution in [2.75, 3.05) is 6.54 Å². The van der Waals surface area contributed by atoms with E-state index in [1.54, 1.807) is 36.4 Å². The molecule has 0 spiro atoms. The molecule has 0 aliphatic carbocycles. The Balaban J connectivity index is 1.48. The second kappa shape index (κ2) is 11.6. The molecule has 0 atom stereocenters. The van der Waals surface area contributed by atoms with Gasteiger partial charge in [-0.3, -0.25) is 9.59 Å². The second-order valence-electron chi connectivity index (χ2n) is 7.91. The van der Waals surface area contributed by atoms with E-state index in [0.717, 1.165) is 19.9 Å². The number of nitrogens with zero attached hydrogens (tertiary/aromatic N) is 1. The third kappa shape index (κ3) is 6.14. The summed E-state index contributed by atoms with van der Waals surface area (Å²) in [4.78, 5) is 37.3. The Morgan fingerprint density at radius 1 is 0.944 bits per heavy atom. The number of hydrazone groups is 1. The van der Waals surface area contributed by atoms with Gasteiger partial charge in [-0.1, -0.05) is 60.2 Å². The molecule has 0 aliphatic rings. The van der Waals surface area contributed by atoms with E-state index >= 15 is 0 Å². The first-order chi connectivity index (χ1) is 17.4. The van der Waals surface area contributed by atoms with E-state index in [1.807, 2.05) is 55.5 Å². The van der Waals surface area contributed by atoms with E-state index in [2.05, 4.69) is 38.4 Å². The monoisotopic (exact) mass is 591 g/mol. The Labute approximate surface area is 221 Å². The molecule has 0 saturated carbocycles. The minimum atomic E-state index is -0.496. The van der Waals surface area contributed by atoms with E-state index in [9.17, 15) is 14.4 Å². The highest BCUT2D eigenvalue weighted by Crippen LogP contribution is 2.27. The molecule has 0 unspecified atom stereocenters. The fraction of sp³-hybridized carbons (Fsp3) is 0.0714. The number of carbonyl (C=O) groups excluding carboxylic acids is 3. The number of rotatable bonds is 7. The molecule has 0 saturated heterocycles. The van der Waals surface area contributed by atoms with Crippen LogP contribution in [-0.2, 0) is 4.79 Å². The minimum Gasteiger partial charge on any atom is -0.422 e. The summed E-state index contributed by atoms with van der Waals surface area (Å²) in [6.07, 6.45) is 1.43. The summed E-state index contributed by atoms with van der Waals surface area (Å²) >= 11 is 2.06. The average molecular weight is 591 g/mol. The second-order valence-corrected chi connectivity index (χ2v) is 9.08. The van der Waals surface area contributed by atoms with Gasteiger partial charge in [-0.15, -0.1) is 0 Å². The van der Waals surface area contributed by atoms with Crippen LogP contribution in [0.3, 0.4) is 0 Å². The molecule has 0 aliphatic heterocycles. The lowest BCUT2D eigenvalue weighted by Crippen LogP contribution is -2.35. The Hall–Kier alpha value is -4.05. The number of ether oxygens (including phenoxy) is 1. The number of esters is 1. The van der Waals surface area contributed by atoms with Gasteiger partial charge < -0.3 is 10.1 Å². The zero-order valence-electron chi connectivity index (χ0n) is 19.3. The number of aryl methyl sites for hydroxylation is 1. The number of fused-ring (bicyclic) bond motifs is 1. The lowest BCUT2D eigenvalue weighted by Gasteiger charge is -2.11. The molecule has 4 aromatic carbocycles. The van der Waals surface area contributed by atoms with Gasteiger partial charge in [0, 0.05) is 9.13 Å². The molecule has 7 nitrogen and oxygen atoms in total. The van der Waals surface area contributed by atoms with E-state index in [0.29, 0.717) is 22.4 Å². The molecule has 4 rings (SSSR count). The molecule has 0 fully saturated rings. The largest absolute Gasteiger partial charge is 0.422 e. The van der Waals surface area contributed by atoms with Crippen LogP contribution in [-0.4, -0.2) is 30.5 Å². The van der Waals surface area contributed by atoms with Crippen molar-refractivity contribution in [1.29, 1.82) is 0 Å². The Morgan fingerprint density at radius 2 is 1.72 bits per heavy atom. The fourth-order valence-electron chi connectivity index (χ4n) is 3.54. The van der Waals surface area contributed by atoms with Gasteiger partial charge in [0.25, 0.3) is 11.8 Å². The van der Waals surface area contributed by atoms with Crippen molar-refractivity contribution in [3.05, 3.63) is 111 Å². The summed E-state index contributed by atoms with van der Waals surface area (Å²) in [5.41, 5.74) is 4.82. The summed E-state index contributed by atoms with van der Waals surface area (Å²) in [6.45, 7) is 1.66. The van der Waals surface area contributed by atoms with Crippen LogP contribution in [0.5, 0.6) is 5.75 Å². The Morgan fingerprint density at radius 3 is 2.53 bits per heavy atom. The summed E-state index contributed by atoms with van der Waals surface area (Å²) in [5, 5.41) is 8.35. The highest BCUT2D eigenvalue weighted by Gasteiger charge is 2.14. The van der Waals surface area contributed by atoms with Gasteiger partial charge in [0.05, 0.1) is 23.9 Å². The third-order valence-corrected chi connectivity index (χ3v) is 6.24. The number of amides is 2. The number of benzene rings is 4. The molecule has 0 aromatic heterocycles. The van der Waals surface area contributed by atoms with Gasteiger partial charge in [-0.05, 0) is 70.6 Å². The van der Waals surface area contributed by atoms with Crippen molar-refractivity contribution in [3.63, 3.8) is 0 Å². The zero-order valence-corrected chi connectivity index (χ0v) is 21.5. The van der Waals surface area contributed by atoms with Crippen molar-refractivity contribution in [3.8, 4) is 5.75 Å². The number of nitrogens with one attached hydrogen (secondary N) is 2. The first-order valence-corrected chi connectivity index (χ1v) is 12.2. The summed E-state index contributed by atoms with van der Waals surface area (Å²) < 4.78 is 6.48. The quantitative estimate of drug-likeness (QED) is 0.106. The van der Waals surface area contributed by atoms with Crippen molar-refractivity contribution in [2.24, 2.45) is 5.10 Å². The molecule has 0 radical (unpaired) electrons. The van der Waals surface area contributed by atoms with E-state index in [-0.39, 0.29) is 12.5 Å². The molecular formula is C28H22IN3O4. The highest BCUT2D eigenvalue weighted by atomic mass is 127. The molecule has 0 heterocycles. The highest BCUT2D eigenvalue weighted by molar-refractivity contribution is 14.1. The lowest BCUT2D eigenvalue weighted by molar-refractivity contribution is -0.120. The molecule has 180 valence electrons. The SMILES string of the molecule is Cc1cccc(C(=O)Oc2ccc3ccccc3c2/C=N/NC(=O)CNC(=O)c2ccccc2I)c1. The van der Waals surface area contributed by atoms with Gasteiger partial charge in [0.1, 0.15) is 5.75 Å². The van der Waals surface area contributed by atoms with Crippen LogP contribution in [0.15, 0.2) is 90.0 Å². The van der Waals surface area contributed by atoms with Crippen molar-refractivity contribution < 1.29 is 19.1 Å². The predicted molar refractivity (Wildman–Crippen MR) is 147 cm³/mol. The van der Waals surface area contributed by atoms with Crippen molar-refractivity contribution in [2.45, 2.75) is 6.92 Å². The van der Waals surface area contributed by atoms with Crippen LogP contribution < -0.4 is 15.5 Å². The molecule has 8 heteroatoms. The lowest BCUT2D eigenvalue weighted by atomic mass is 10.0. The van der Waals surface area contributed by atoms with Crippen LogP contribution in [0.25, 0.3) is 10.8 Å². The summed E-state index contributed by atoms with van der Waals surface area (Å²) in [7, 11) is 0. The zero-order chi connectivity index (χ0) is 25.5. The standard InChI is InChI=1S/C28H22IN3O4/c1-18-7-6-9-20(15-18)28(35)36-25-14-13-19-8-2-3-10-21(19)23(25)16-31-32-26(33)17-30-27(34)22-11-4-5-12-24(22)29/h2-16H,17H2,1H3,(H,30,34)(H,32,33)/b31-16+. The van der Waals surface area contributed by atoms with Gasteiger partial charge in [0.15, 0.2) is 0 Å². The number of carbonyl (C=O) groups is 3. The summed E-state index contributed by atoms with van der Waals surface area (Å²) in [6, 6.07) is 25.4. The van der Waals surface area contributed by atoms with Gasteiger partial charge in [-0.25, -0.2) is 10.2 Å². The first kappa shape index (κ1) is 25.1. The molecule has 0 bridgehead atoms. The Kier molecular flexibility index (Phi) is 8.06. The van der Waals surface area contributed by atoms with E-state index in [1.165, 1.54) is 6.21 Å². The van der Waals surface area contributed by atoms with Crippen LogP contribution >= 0.6 is 22.6 Å². The molecule has 2 amide bonds. The topological polar surface area (TPSA) is 96.9 Å². The number of hydrogen-bond donors (Lipinski definition) is 2. The Bertz CT molecular complexity index is 1480. The van der Waals surface area contributed by atoms with Crippen LogP contribution in [0.1, 0.15) is 31.8 Å². The van der Waals surface area contributed by atoms with Gasteiger partial charge >= 0.3 is 5.97 Å². The minimum absolute atomic E-state index is 0.244. The normalized spacial score (nSPS) is 10.8. The predicted octanol–water partition coefficient (Wildman–Crippen LogP) is 4.85. The van der Waals surface area contributed by atoms with Crippen molar-refractivity contribution in [1.82, 2.24) is 10.7 Å². The van der Waals surface area contributed by atoms with Crippen LogP contribution in [0.4, 0.5) is 0 Å². The van der Waals surface area contributed by atoms with E-state index in [4.69, 9.17) is 4.74 Å². The molecule has 36 heavy (non-hydrogen) atoms. The third-order valence-electron chi connectivity index (χ3n) is 5.30. The summed E-state index contributed by atoms with van der Waals surface area (Å²) in [5.74, 6) is -1.03. The molecular weight excluding hydrogens is 569 g/mol. The maximum Gasteiger partial charge on any atom is 0.343 e. The van der Waals surface area contributed by atoms with Gasteiger partial charge in [-0.2, -0.15) is 5.10 Å². The maximum atomic E-state index is 12.7. The molecule has 2 N–H and O–H groups in total. The van der Waals surface area contributed by atoms with Crippen LogP contribution in [0.2, 0.25) is 0 Å². The number of hydrogen-bond acceptors (Lipinski definition) is 5. The average Bonchev–Trinajstić information content (AvgIpc) is 2.88. The van der Waals surface area contributed by atoms with Crippen molar-refractivity contribution >= 4 is 57.4 Å². The van der Waals surface area contributed by atoms with E-state index < -0.39 is 11.9 Å². The smallest absolute Gasteiger partial charge is 0.343 e. The molecule has 4 aromatic rings. The fourth-order valence-corrected chi connectivity index (χ4v) is 4.17. The van der Waals surface area contributed by atoms with Crippen LogP contribution in [0, 0.1) is 10.5 Å².